The van der Waals surface area contributed by atoms with Crippen molar-refractivity contribution >= 4 is 28.9 Å². The number of imidazole rings is 1. The molecule has 3 rings (SSSR count). The third kappa shape index (κ3) is 2.91. The lowest BCUT2D eigenvalue weighted by Crippen LogP contribution is -2.10. The molecule has 0 saturated heterocycles. The van der Waals surface area contributed by atoms with E-state index in [-0.39, 0.29) is 5.69 Å². The van der Waals surface area contributed by atoms with Gasteiger partial charge in [-0.25, -0.2) is 18.4 Å². The van der Waals surface area contributed by atoms with Crippen molar-refractivity contribution in [1.82, 2.24) is 9.66 Å². The van der Waals surface area contributed by atoms with Crippen molar-refractivity contribution in [2.45, 2.75) is 0 Å². The number of anilines is 1. The average Bonchev–Trinajstić information content (AvgIpc) is 2.90. The number of nitrogens with one attached hydrogen (secondary N) is 1. The topological polar surface area (TPSA) is 29.9 Å². The summed E-state index contributed by atoms with van der Waals surface area (Å²) < 4.78 is 28.2. The molecule has 0 unspecified atom stereocenters. The SMILES string of the molecule is Fc1ccc(Nn2cncc2-c2ccc(Cl)cc2Cl)c(F)c1. The van der Waals surface area contributed by atoms with Gasteiger partial charge in [0.2, 0.25) is 0 Å². The minimum absolute atomic E-state index is 0.116. The van der Waals surface area contributed by atoms with Crippen molar-refractivity contribution in [1.29, 1.82) is 0 Å². The van der Waals surface area contributed by atoms with E-state index < -0.39 is 11.6 Å². The number of benzene rings is 2. The first-order valence-corrected chi connectivity index (χ1v) is 7.00. The highest BCUT2D eigenvalue weighted by atomic mass is 35.5. The number of aromatic nitrogens is 2. The standard InChI is InChI=1S/C15H9Cl2F2N3/c16-9-1-3-11(12(17)5-9)15-7-20-8-22(15)21-14-4-2-10(18)6-13(14)19/h1-8,21H. The van der Waals surface area contributed by atoms with Crippen molar-refractivity contribution in [2.24, 2.45) is 0 Å². The first-order valence-electron chi connectivity index (χ1n) is 6.24. The minimum atomic E-state index is -0.707. The van der Waals surface area contributed by atoms with Gasteiger partial charge in [0.25, 0.3) is 0 Å². The van der Waals surface area contributed by atoms with Gasteiger partial charge in [0.1, 0.15) is 12.1 Å². The molecular formula is C15H9Cl2F2N3. The van der Waals surface area contributed by atoms with Crippen LogP contribution in [0.1, 0.15) is 0 Å². The number of rotatable bonds is 3. The van der Waals surface area contributed by atoms with E-state index in [0.29, 0.717) is 21.3 Å². The second-order valence-corrected chi connectivity index (χ2v) is 5.35. The highest BCUT2D eigenvalue weighted by Crippen LogP contribution is 2.30. The summed E-state index contributed by atoms with van der Waals surface area (Å²) in [5.41, 5.74) is 4.22. The van der Waals surface area contributed by atoms with E-state index in [1.807, 2.05) is 0 Å². The Labute approximate surface area is 135 Å². The van der Waals surface area contributed by atoms with Crippen LogP contribution >= 0.6 is 23.2 Å². The number of halogens is 4. The predicted molar refractivity (Wildman–Crippen MR) is 83.1 cm³/mol. The Bertz CT molecular complexity index is 833. The van der Waals surface area contributed by atoms with Gasteiger partial charge in [0.15, 0.2) is 5.82 Å². The monoisotopic (exact) mass is 339 g/mol. The largest absolute Gasteiger partial charge is 0.290 e. The number of nitrogens with zero attached hydrogens (tertiary/aromatic N) is 2. The van der Waals surface area contributed by atoms with Crippen LogP contribution in [0.4, 0.5) is 14.5 Å². The van der Waals surface area contributed by atoms with E-state index in [4.69, 9.17) is 23.2 Å². The van der Waals surface area contributed by atoms with Gasteiger partial charge in [-0.15, -0.1) is 0 Å². The lowest BCUT2D eigenvalue weighted by molar-refractivity contribution is 0.584. The molecule has 7 heteroatoms. The van der Waals surface area contributed by atoms with Crippen LogP contribution in [0.5, 0.6) is 0 Å². The summed E-state index contributed by atoms with van der Waals surface area (Å²) >= 11 is 12.0. The van der Waals surface area contributed by atoms with Crippen molar-refractivity contribution in [3.63, 3.8) is 0 Å². The van der Waals surface area contributed by atoms with E-state index in [1.165, 1.54) is 17.1 Å². The lowest BCUT2D eigenvalue weighted by Gasteiger charge is -2.13. The van der Waals surface area contributed by atoms with Crippen LogP contribution in [0.2, 0.25) is 10.0 Å². The molecule has 0 saturated carbocycles. The maximum Gasteiger partial charge on any atom is 0.151 e. The van der Waals surface area contributed by atoms with E-state index in [9.17, 15) is 8.78 Å². The Balaban J connectivity index is 1.98. The summed E-state index contributed by atoms with van der Waals surface area (Å²) in [5, 5.41) is 0.952. The molecule has 1 heterocycles. The third-order valence-electron chi connectivity index (χ3n) is 3.02. The summed E-state index contributed by atoms with van der Waals surface area (Å²) in [5.74, 6) is -1.35. The molecule has 0 aliphatic carbocycles. The summed E-state index contributed by atoms with van der Waals surface area (Å²) in [4.78, 5) is 4.02. The maximum atomic E-state index is 13.7. The molecule has 1 N–H and O–H groups in total. The molecule has 0 aliphatic rings. The van der Waals surface area contributed by atoms with Crippen molar-refractivity contribution in [2.75, 3.05) is 5.43 Å². The molecule has 3 aromatic rings. The smallest absolute Gasteiger partial charge is 0.151 e. The fourth-order valence-corrected chi connectivity index (χ4v) is 2.50. The summed E-state index contributed by atoms with van der Waals surface area (Å²) in [6, 6.07) is 8.30. The molecule has 112 valence electrons. The molecule has 0 atom stereocenters. The zero-order valence-electron chi connectivity index (χ0n) is 11.0. The van der Waals surface area contributed by atoms with Gasteiger partial charge in [-0.2, -0.15) is 0 Å². The van der Waals surface area contributed by atoms with Crippen molar-refractivity contribution in [3.8, 4) is 11.3 Å². The van der Waals surface area contributed by atoms with Gasteiger partial charge < -0.3 is 0 Å². The Morgan fingerprint density at radius 2 is 1.86 bits per heavy atom. The summed E-state index contributed by atoms with van der Waals surface area (Å²) in [6.07, 6.45) is 3.03. The van der Waals surface area contributed by atoms with Crippen LogP contribution in [0.3, 0.4) is 0 Å². The molecule has 0 aliphatic heterocycles. The molecule has 2 aromatic carbocycles. The van der Waals surface area contributed by atoms with E-state index >= 15 is 0 Å². The second kappa shape index (κ2) is 5.94. The molecule has 0 amide bonds. The minimum Gasteiger partial charge on any atom is -0.290 e. The van der Waals surface area contributed by atoms with Crippen LogP contribution in [-0.4, -0.2) is 9.66 Å². The maximum absolute atomic E-state index is 13.7. The molecule has 22 heavy (non-hydrogen) atoms. The summed E-state index contributed by atoms with van der Waals surface area (Å²) in [7, 11) is 0. The Kier molecular flexibility index (Phi) is 4.00. The van der Waals surface area contributed by atoms with Crippen LogP contribution in [-0.2, 0) is 0 Å². The van der Waals surface area contributed by atoms with Crippen LogP contribution in [0, 0.1) is 11.6 Å². The quantitative estimate of drug-likeness (QED) is 0.726. The number of hydrogen-bond donors (Lipinski definition) is 1. The third-order valence-corrected chi connectivity index (χ3v) is 3.57. The lowest BCUT2D eigenvalue weighted by atomic mass is 10.2. The summed E-state index contributed by atoms with van der Waals surface area (Å²) in [6.45, 7) is 0. The molecular weight excluding hydrogens is 331 g/mol. The van der Waals surface area contributed by atoms with Gasteiger partial charge in [0, 0.05) is 16.7 Å². The highest BCUT2D eigenvalue weighted by Gasteiger charge is 2.11. The van der Waals surface area contributed by atoms with Crippen LogP contribution < -0.4 is 5.43 Å². The van der Waals surface area contributed by atoms with Gasteiger partial charge in [-0.3, -0.25) is 5.43 Å². The van der Waals surface area contributed by atoms with Gasteiger partial charge >= 0.3 is 0 Å². The number of hydrogen-bond acceptors (Lipinski definition) is 2. The normalized spacial score (nSPS) is 10.7. The highest BCUT2D eigenvalue weighted by molar-refractivity contribution is 6.36. The van der Waals surface area contributed by atoms with E-state index in [2.05, 4.69) is 10.4 Å². The van der Waals surface area contributed by atoms with Gasteiger partial charge in [-0.05, 0) is 30.3 Å². The predicted octanol–water partition coefficient (Wildman–Crippen LogP) is 5.01. The molecule has 0 bridgehead atoms. The van der Waals surface area contributed by atoms with E-state index in [1.54, 1.807) is 24.4 Å². The van der Waals surface area contributed by atoms with Crippen LogP contribution in [0.15, 0.2) is 48.9 Å². The zero-order valence-corrected chi connectivity index (χ0v) is 12.5. The van der Waals surface area contributed by atoms with Gasteiger partial charge in [0.05, 0.1) is 22.6 Å². The second-order valence-electron chi connectivity index (χ2n) is 4.51. The van der Waals surface area contributed by atoms with Crippen molar-refractivity contribution in [3.05, 3.63) is 70.6 Å². The fourth-order valence-electron chi connectivity index (χ4n) is 1.99. The first kappa shape index (κ1) is 14.8. The average molecular weight is 340 g/mol. The zero-order chi connectivity index (χ0) is 15.7. The first-order chi connectivity index (χ1) is 10.5. The Morgan fingerprint density at radius 3 is 2.59 bits per heavy atom. The molecule has 0 fully saturated rings. The fraction of sp³-hybridized carbons (Fsp3) is 0. The van der Waals surface area contributed by atoms with E-state index in [0.717, 1.165) is 12.1 Å². The van der Waals surface area contributed by atoms with Gasteiger partial charge in [-0.1, -0.05) is 23.2 Å². The Hall–Kier alpha value is -2.11. The molecule has 1 aromatic heterocycles. The molecule has 0 radical (unpaired) electrons. The van der Waals surface area contributed by atoms with Crippen LogP contribution in [0.25, 0.3) is 11.3 Å². The molecule has 0 spiro atoms. The molecule has 3 nitrogen and oxygen atoms in total. The Morgan fingerprint density at radius 1 is 1.05 bits per heavy atom. The van der Waals surface area contributed by atoms with Crippen molar-refractivity contribution < 1.29 is 8.78 Å².